The lowest BCUT2D eigenvalue weighted by atomic mass is 10.0. The summed E-state index contributed by atoms with van der Waals surface area (Å²) >= 11 is 12.6. The van der Waals surface area contributed by atoms with Gasteiger partial charge in [0, 0.05) is 22.4 Å². The van der Waals surface area contributed by atoms with Crippen LogP contribution in [0.1, 0.15) is 33.0 Å². The number of benzene rings is 2. The molecule has 0 bridgehead atoms. The van der Waals surface area contributed by atoms with E-state index in [0.29, 0.717) is 27.0 Å². The maximum atomic E-state index is 13.4. The number of amides is 1. The summed E-state index contributed by atoms with van der Waals surface area (Å²) in [6, 6.07) is 16.7. The predicted octanol–water partition coefficient (Wildman–Crippen LogP) is 5.71. The summed E-state index contributed by atoms with van der Waals surface area (Å²) in [7, 11) is 0. The predicted molar refractivity (Wildman–Crippen MR) is 133 cm³/mol. The van der Waals surface area contributed by atoms with Crippen molar-refractivity contribution in [2.75, 3.05) is 6.61 Å². The van der Waals surface area contributed by atoms with Gasteiger partial charge in [0.15, 0.2) is 5.69 Å². The first kappa shape index (κ1) is 23.2. The number of rotatable bonds is 5. The third-order valence-electron chi connectivity index (χ3n) is 5.51. The number of carbonyl (C=O) groups is 1. The van der Waals surface area contributed by atoms with E-state index in [2.05, 4.69) is 15.4 Å². The highest BCUT2D eigenvalue weighted by molar-refractivity contribution is 6.35. The highest BCUT2D eigenvalue weighted by atomic mass is 35.5. The van der Waals surface area contributed by atoms with Crippen LogP contribution in [0.5, 0.6) is 0 Å². The number of ether oxygens (including phenoxy) is 1. The van der Waals surface area contributed by atoms with E-state index in [9.17, 15) is 9.18 Å². The van der Waals surface area contributed by atoms with Gasteiger partial charge in [-0.25, -0.2) is 9.07 Å². The molecular weight excluding hydrogens is 490 g/mol. The van der Waals surface area contributed by atoms with Gasteiger partial charge in [-0.1, -0.05) is 41.4 Å². The molecule has 2 aromatic heterocycles. The van der Waals surface area contributed by atoms with Crippen molar-refractivity contribution in [3.8, 4) is 5.69 Å². The van der Waals surface area contributed by atoms with Gasteiger partial charge in [-0.3, -0.25) is 9.78 Å². The molecule has 0 radical (unpaired) electrons. The van der Waals surface area contributed by atoms with Crippen molar-refractivity contribution in [3.63, 3.8) is 0 Å². The number of carbonyl (C=O) groups excluding carboxylic acids is 1. The molecule has 0 saturated heterocycles. The lowest BCUT2D eigenvalue weighted by molar-refractivity contribution is 0.0937. The quantitative estimate of drug-likeness (QED) is 0.374. The zero-order chi connectivity index (χ0) is 24.4. The van der Waals surface area contributed by atoms with Crippen molar-refractivity contribution in [1.82, 2.24) is 20.1 Å². The van der Waals surface area contributed by atoms with E-state index in [1.807, 2.05) is 24.3 Å². The Kier molecular flexibility index (Phi) is 6.63. The number of nitrogens with one attached hydrogen (secondary N) is 1. The Labute approximate surface area is 211 Å². The van der Waals surface area contributed by atoms with Crippen LogP contribution in [0.3, 0.4) is 0 Å². The van der Waals surface area contributed by atoms with Gasteiger partial charge in [0.1, 0.15) is 5.82 Å². The monoisotopic (exact) mass is 508 g/mol. The Bertz CT molecular complexity index is 1420. The Morgan fingerprint density at radius 1 is 1.11 bits per heavy atom. The van der Waals surface area contributed by atoms with Crippen LogP contribution in [0.25, 0.3) is 17.3 Å². The van der Waals surface area contributed by atoms with Gasteiger partial charge >= 0.3 is 0 Å². The number of pyridine rings is 1. The number of hydrogen-bond donors (Lipinski definition) is 1. The molecule has 3 heterocycles. The van der Waals surface area contributed by atoms with E-state index in [1.165, 1.54) is 12.1 Å². The van der Waals surface area contributed by atoms with Gasteiger partial charge in [0.05, 0.1) is 41.9 Å². The van der Waals surface area contributed by atoms with E-state index in [0.717, 1.165) is 16.8 Å². The molecular formula is C26H19Cl2FN4O2. The van der Waals surface area contributed by atoms with Crippen LogP contribution in [0.4, 0.5) is 4.39 Å². The largest absolute Gasteiger partial charge is 0.372 e. The molecule has 1 aliphatic heterocycles. The minimum absolute atomic E-state index is 0.202. The van der Waals surface area contributed by atoms with Crippen molar-refractivity contribution in [1.29, 1.82) is 0 Å². The standard InChI is InChI=1S/C26H19Cl2FN4O2/c27-18-6-9-23(22(28)12-18)33-25-17(11-16-4-7-19(29)8-5-16)14-35-15-21(25)24(32-33)26(34)31-13-20-3-1-2-10-30-20/h1-12H,13-15H2,(H,31,34). The third kappa shape index (κ3) is 4.98. The number of aromatic nitrogens is 3. The van der Waals surface area contributed by atoms with E-state index in [-0.39, 0.29) is 37.2 Å². The Morgan fingerprint density at radius 2 is 1.94 bits per heavy atom. The first-order valence-corrected chi connectivity index (χ1v) is 11.5. The van der Waals surface area contributed by atoms with Crippen LogP contribution in [-0.4, -0.2) is 27.3 Å². The number of nitrogens with zero attached hydrogens (tertiary/aromatic N) is 3. The SMILES string of the molecule is O=C(NCc1ccccn1)c1nn(-c2ccc(Cl)cc2Cl)c2c1COCC2=Cc1ccc(F)cc1. The zero-order valence-electron chi connectivity index (χ0n) is 18.3. The average molecular weight is 509 g/mol. The number of fused-ring (bicyclic) bond motifs is 1. The summed E-state index contributed by atoms with van der Waals surface area (Å²) in [4.78, 5) is 17.4. The van der Waals surface area contributed by atoms with Gasteiger partial charge in [-0.05, 0) is 54.1 Å². The average Bonchev–Trinajstić information content (AvgIpc) is 3.25. The second-order valence-electron chi connectivity index (χ2n) is 7.90. The van der Waals surface area contributed by atoms with Gasteiger partial charge in [-0.15, -0.1) is 0 Å². The molecule has 6 nitrogen and oxygen atoms in total. The highest BCUT2D eigenvalue weighted by Crippen LogP contribution is 2.34. The van der Waals surface area contributed by atoms with Crippen molar-refractivity contribution in [2.45, 2.75) is 13.2 Å². The zero-order valence-corrected chi connectivity index (χ0v) is 19.9. The lowest BCUT2D eigenvalue weighted by Gasteiger charge is -2.19. The van der Waals surface area contributed by atoms with Crippen LogP contribution in [-0.2, 0) is 17.9 Å². The fourth-order valence-corrected chi connectivity index (χ4v) is 4.37. The summed E-state index contributed by atoms with van der Waals surface area (Å²) in [5, 5.41) is 8.39. The normalized spacial score (nSPS) is 14.1. The molecule has 0 fully saturated rings. The minimum Gasteiger partial charge on any atom is -0.372 e. The molecule has 9 heteroatoms. The molecule has 4 aromatic rings. The molecule has 0 saturated carbocycles. The summed E-state index contributed by atoms with van der Waals surface area (Å²) in [6.45, 7) is 0.742. The summed E-state index contributed by atoms with van der Waals surface area (Å²) in [6.07, 6.45) is 3.55. The smallest absolute Gasteiger partial charge is 0.272 e. The fraction of sp³-hybridized carbons (Fsp3) is 0.115. The first-order valence-electron chi connectivity index (χ1n) is 10.8. The van der Waals surface area contributed by atoms with E-state index in [4.69, 9.17) is 27.9 Å². The van der Waals surface area contributed by atoms with E-state index < -0.39 is 0 Å². The van der Waals surface area contributed by atoms with Crippen LogP contribution in [0.15, 0.2) is 66.9 Å². The Hall–Kier alpha value is -3.52. The van der Waals surface area contributed by atoms with Gasteiger partial charge in [0.25, 0.3) is 5.91 Å². The second kappa shape index (κ2) is 10.00. The summed E-state index contributed by atoms with van der Waals surface area (Å²) < 4.78 is 20.9. The molecule has 5 rings (SSSR count). The molecule has 0 unspecified atom stereocenters. The molecule has 1 amide bonds. The Balaban J connectivity index is 1.60. The van der Waals surface area contributed by atoms with Crippen molar-refractivity contribution < 1.29 is 13.9 Å². The topological polar surface area (TPSA) is 69.0 Å². The van der Waals surface area contributed by atoms with Gasteiger partial charge in [0.2, 0.25) is 0 Å². The maximum absolute atomic E-state index is 13.4. The molecule has 1 aliphatic rings. The highest BCUT2D eigenvalue weighted by Gasteiger charge is 2.29. The van der Waals surface area contributed by atoms with Crippen molar-refractivity contribution in [2.24, 2.45) is 0 Å². The van der Waals surface area contributed by atoms with E-state index >= 15 is 0 Å². The van der Waals surface area contributed by atoms with Gasteiger partial charge in [-0.2, -0.15) is 5.10 Å². The van der Waals surface area contributed by atoms with Crippen molar-refractivity contribution >= 4 is 40.8 Å². The number of halogens is 3. The van der Waals surface area contributed by atoms with Crippen molar-refractivity contribution in [3.05, 3.63) is 111 Å². The third-order valence-corrected chi connectivity index (χ3v) is 6.05. The van der Waals surface area contributed by atoms with Crippen LogP contribution in [0, 0.1) is 5.82 Å². The number of hydrogen-bond acceptors (Lipinski definition) is 4. The minimum atomic E-state index is -0.359. The first-order chi connectivity index (χ1) is 17.0. The Morgan fingerprint density at radius 3 is 2.69 bits per heavy atom. The van der Waals surface area contributed by atoms with E-state index in [1.54, 1.807) is 41.2 Å². The molecule has 35 heavy (non-hydrogen) atoms. The lowest BCUT2D eigenvalue weighted by Crippen LogP contribution is -2.25. The molecule has 1 N–H and O–H groups in total. The molecule has 176 valence electrons. The van der Waals surface area contributed by atoms with Gasteiger partial charge < -0.3 is 10.1 Å². The van der Waals surface area contributed by atoms with Crippen LogP contribution >= 0.6 is 23.2 Å². The van der Waals surface area contributed by atoms with Crippen LogP contribution in [0.2, 0.25) is 10.0 Å². The molecule has 0 atom stereocenters. The molecule has 2 aromatic carbocycles. The summed E-state index contributed by atoms with van der Waals surface area (Å²) in [5.41, 5.74) is 4.42. The second-order valence-corrected chi connectivity index (χ2v) is 8.74. The summed E-state index contributed by atoms with van der Waals surface area (Å²) in [5.74, 6) is -0.681. The molecule has 0 aliphatic carbocycles. The van der Waals surface area contributed by atoms with Crippen LogP contribution < -0.4 is 5.32 Å². The fourth-order valence-electron chi connectivity index (χ4n) is 3.89. The maximum Gasteiger partial charge on any atom is 0.272 e. The molecule has 0 spiro atoms.